The molecule has 1 N–H and O–H groups in total. The SMILES string of the molecule is CC(=O)N(C)C1(C)CCCCC(C)(C(=O)O)CCCC1. The lowest BCUT2D eigenvalue weighted by Gasteiger charge is -2.40. The van der Waals surface area contributed by atoms with Crippen LogP contribution in [0.3, 0.4) is 0 Å². The molecule has 0 spiro atoms. The fourth-order valence-electron chi connectivity index (χ4n) is 3.22. The number of carboxylic acids is 1. The third kappa shape index (κ3) is 3.97. The van der Waals surface area contributed by atoms with Gasteiger partial charge in [0.25, 0.3) is 0 Å². The van der Waals surface area contributed by atoms with Gasteiger partial charge in [0.05, 0.1) is 5.41 Å². The number of amides is 1. The molecular weight excluding hydrogens is 254 g/mol. The van der Waals surface area contributed by atoms with E-state index < -0.39 is 11.4 Å². The quantitative estimate of drug-likeness (QED) is 0.844. The van der Waals surface area contributed by atoms with Crippen molar-refractivity contribution in [1.29, 1.82) is 0 Å². The summed E-state index contributed by atoms with van der Waals surface area (Å²) in [6, 6.07) is 0. The standard InChI is InChI=1S/C16H29NO3/c1-13(18)17(4)16(3)11-7-5-9-15(2,14(19)20)10-6-8-12-16/h5-12H2,1-4H3,(H,19,20). The van der Waals surface area contributed by atoms with Gasteiger partial charge >= 0.3 is 5.97 Å². The Morgan fingerprint density at radius 2 is 1.35 bits per heavy atom. The minimum Gasteiger partial charge on any atom is -0.481 e. The first-order valence-corrected chi connectivity index (χ1v) is 7.69. The van der Waals surface area contributed by atoms with Crippen LogP contribution < -0.4 is 0 Å². The van der Waals surface area contributed by atoms with E-state index in [0.29, 0.717) is 0 Å². The van der Waals surface area contributed by atoms with E-state index in [2.05, 4.69) is 6.92 Å². The van der Waals surface area contributed by atoms with E-state index in [9.17, 15) is 14.7 Å². The maximum atomic E-state index is 11.6. The number of carbonyl (C=O) groups excluding carboxylic acids is 1. The second-order valence-corrected chi connectivity index (χ2v) is 6.86. The molecule has 0 atom stereocenters. The Balaban J connectivity index is 2.72. The van der Waals surface area contributed by atoms with Gasteiger partial charge in [-0.25, -0.2) is 0 Å². The van der Waals surface area contributed by atoms with Gasteiger partial charge in [-0.15, -0.1) is 0 Å². The van der Waals surface area contributed by atoms with Crippen LogP contribution in [0.2, 0.25) is 0 Å². The lowest BCUT2D eigenvalue weighted by Crippen LogP contribution is -2.46. The van der Waals surface area contributed by atoms with E-state index >= 15 is 0 Å². The van der Waals surface area contributed by atoms with Crippen molar-refractivity contribution < 1.29 is 14.7 Å². The first-order chi connectivity index (χ1) is 9.21. The number of aliphatic carboxylic acids is 1. The molecule has 1 rings (SSSR count). The summed E-state index contributed by atoms with van der Waals surface area (Å²) in [4.78, 5) is 24.9. The Morgan fingerprint density at radius 1 is 0.950 bits per heavy atom. The van der Waals surface area contributed by atoms with Crippen molar-refractivity contribution in [2.45, 2.75) is 77.7 Å². The van der Waals surface area contributed by atoms with E-state index in [4.69, 9.17) is 0 Å². The molecule has 1 amide bonds. The second-order valence-electron chi connectivity index (χ2n) is 6.86. The van der Waals surface area contributed by atoms with Gasteiger partial charge in [0, 0.05) is 19.5 Å². The van der Waals surface area contributed by atoms with Crippen LogP contribution >= 0.6 is 0 Å². The smallest absolute Gasteiger partial charge is 0.309 e. The third-order valence-corrected chi connectivity index (χ3v) is 5.19. The number of hydrogen-bond acceptors (Lipinski definition) is 2. The highest BCUT2D eigenvalue weighted by atomic mass is 16.4. The molecule has 1 aliphatic rings. The molecule has 0 bridgehead atoms. The molecule has 1 fully saturated rings. The van der Waals surface area contributed by atoms with Gasteiger partial charge in [0.2, 0.25) is 5.91 Å². The first kappa shape index (κ1) is 17.0. The minimum atomic E-state index is -0.665. The number of carbonyl (C=O) groups is 2. The van der Waals surface area contributed by atoms with Crippen molar-refractivity contribution in [2.75, 3.05) is 7.05 Å². The van der Waals surface area contributed by atoms with Crippen molar-refractivity contribution in [3.05, 3.63) is 0 Å². The highest BCUT2D eigenvalue weighted by Gasteiger charge is 2.35. The van der Waals surface area contributed by atoms with Crippen LogP contribution in [0.5, 0.6) is 0 Å². The largest absolute Gasteiger partial charge is 0.481 e. The number of hydrogen-bond donors (Lipinski definition) is 1. The average Bonchev–Trinajstić information content (AvgIpc) is 2.38. The van der Waals surface area contributed by atoms with Gasteiger partial charge < -0.3 is 10.0 Å². The molecule has 116 valence electrons. The van der Waals surface area contributed by atoms with E-state index in [1.165, 1.54) is 0 Å². The number of carboxylic acid groups (broad SMARTS) is 1. The molecule has 0 aliphatic heterocycles. The number of rotatable bonds is 2. The molecule has 0 radical (unpaired) electrons. The van der Waals surface area contributed by atoms with Crippen molar-refractivity contribution in [3.63, 3.8) is 0 Å². The summed E-state index contributed by atoms with van der Waals surface area (Å²) in [6.07, 6.45) is 7.20. The predicted octanol–water partition coefficient (Wildman–Crippen LogP) is 3.45. The number of nitrogens with zero attached hydrogens (tertiary/aromatic N) is 1. The zero-order valence-electron chi connectivity index (χ0n) is 13.4. The second kappa shape index (κ2) is 6.59. The molecule has 0 heterocycles. The summed E-state index contributed by atoms with van der Waals surface area (Å²) in [5, 5.41) is 9.39. The molecule has 20 heavy (non-hydrogen) atoms. The van der Waals surface area contributed by atoms with Gasteiger partial charge in [0.15, 0.2) is 0 Å². The van der Waals surface area contributed by atoms with E-state index in [1.54, 1.807) is 6.92 Å². The van der Waals surface area contributed by atoms with Gasteiger partial charge in [-0.1, -0.05) is 25.7 Å². The summed E-state index contributed by atoms with van der Waals surface area (Å²) in [5.74, 6) is -0.554. The van der Waals surface area contributed by atoms with Crippen molar-refractivity contribution in [1.82, 2.24) is 4.90 Å². The minimum absolute atomic E-state index is 0.0806. The van der Waals surface area contributed by atoms with Crippen LogP contribution in [0.15, 0.2) is 0 Å². The monoisotopic (exact) mass is 283 g/mol. The van der Waals surface area contributed by atoms with Gasteiger partial charge in [0.1, 0.15) is 0 Å². The Morgan fingerprint density at radius 3 is 1.70 bits per heavy atom. The normalized spacial score (nSPS) is 32.4. The summed E-state index contributed by atoms with van der Waals surface area (Å²) < 4.78 is 0. The molecule has 0 aromatic rings. The molecule has 4 nitrogen and oxygen atoms in total. The summed E-state index contributed by atoms with van der Waals surface area (Å²) in [5.41, 5.74) is -0.650. The zero-order chi connectivity index (χ0) is 15.4. The maximum absolute atomic E-state index is 11.6. The van der Waals surface area contributed by atoms with Crippen LogP contribution in [0.1, 0.15) is 72.1 Å². The zero-order valence-corrected chi connectivity index (χ0v) is 13.4. The van der Waals surface area contributed by atoms with E-state index in [1.807, 2.05) is 18.9 Å². The van der Waals surface area contributed by atoms with Crippen LogP contribution in [-0.4, -0.2) is 34.5 Å². The molecule has 4 heteroatoms. The Kier molecular flexibility index (Phi) is 5.60. The predicted molar refractivity (Wildman–Crippen MR) is 79.5 cm³/mol. The summed E-state index contributed by atoms with van der Waals surface area (Å²) in [6.45, 7) is 5.65. The molecular formula is C16H29NO3. The van der Waals surface area contributed by atoms with Crippen molar-refractivity contribution in [2.24, 2.45) is 5.41 Å². The Bertz CT molecular complexity index is 353. The Labute approximate surface area is 122 Å². The van der Waals surface area contributed by atoms with E-state index in [0.717, 1.165) is 51.4 Å². The van der Waals surface area contributed by atoms with Gasteiger partial charge in [-0.2, -0.15) is 0 Å². The molecule has 0 aromatic carbocycles. The molecule has 0 unspecified atom stereocenters. The highest BCUT2D eigenvalue weighted by molar-refractivity contribution is 5.74. The molecule has 1 saturated carbocycles. The highest BCUT2D eigenvalue weighted by Crippen LogP contribution is 2.36. The summed E-state index contributed by atoms with van der Waals surface area (Å²) in [7, 11) is 1.88. The maximum Gasteiger partial charge on any atom is 0.309 e. The van der Waals surface area contributed by atoms with Crippen LogP contribution in [0.4, 0.5) is 0 Å². The first-order valence-electron chi connectivity index (χ1n) is 7.69. The van der Waals surface area contributed by atoms with Crippen molar-refractivity contribution in [3.8, 4) is 0 Å². The lowest BCUT2D eigenvalue weighted by atomic mass is 9.76. The van der Waals surface area contributed by atoms with Crippen LogP contribution in [-0.2, 0) is 9.59 Å². The van der Waals surface area contributed by atoms with Crippen molar-refractivity contribution >= 4 is 11.9 Å². The lowest BCUT2D eigenvalue weighted by molar-refractivity contribution is -0.149. The molecule has 0 aromatic heterocycles. The Hall–Kier alpha value is -1.06. The fraction of sp³-hybridized carbons (Fsp3) is 0.875. The molecule has 1 aliphatic carbocycles. The topological polar surface area (TPSA) is 57.6 Å². The summed E-state index contributed by atoms with van der Waals surface area (Å²) >= 11 is 0. The van der Waals surface area contributed by atoms with Gasteiger partial charge in [-0.05, 0) is 39.5 Å². The molecule has 0 saturated heterocycles. The van der Waals surface area contributed by atoms with Crippen LogP contribution in [0, 0.1) is 5.41 Å². The average molecular weight is 283 g/mol. The van der Waals surface area contributed by atoms with E-state index in [-0.39, 0.29) is 11.4 Å². The van der Waals surface area contributed by atoms with Crippen LogP contribution in [0.25, 0.3) is 0 Å². The fourth-order valence-corrected chi connectivity index (χ4v) is 3.22. The van der Waals surface area contributed by atoms with Gasteiger partial charge in [-0.3, -0.25) is 9.59 Å². The third-order valence-electron chi connectivity index (χ3n) is 5.19.